The number of aromatic nitrogens is 2. The van der Waals surface area contributed by atoms with Gasteiger partial charge in [0.1, 0.15) is 5.75 Å². The molecule has 1 aromatic heterocycles. The first-order chi connectivity index (χ1) is 12.2. The van der Waals surface area contributed by atoms with Gasteiger partial charge in [-0.3, -0.25) is 0 Å². The van der Waals surface area contributed by atoms with Gasteiger partial charge in [0, 0.05) is 16.8 Å². The van der Waals surface area contributed by atoms with E-state index in [1.807, 2.05) is 48.0 Å². The van der Waals surface area contributed by atoms with Gasteiger partial charge in [0.25, 0.3) is 0 Å². The molecule has 0 amide bonds. The molecule has 4 aromatic rings. The van der Waals surface area contributed by atoms with Gasteiger partial charge < -0.3 is 10.4 Å². The maximum Gasteiger partial charge on any atom is 0.151 e. The number of nitrogens with one attached hydrogen (secondary N) is 1. The number of benzene rings is 3. The van der Waals surface area contributed by atoms with Crippen LogP contribution in [0.1, 0.15) is 17.4 Å². The molecule has 2 N–H and O–H groups in total. The zero-order valence-electron chi connectivity index (χ0n) is 13.8. The fraction of sp³-hybridized carbons (Fsp3) is 0.0952. The number of fused-ring (bicyclic) bond motifs is 4. The summed E-state index contributed by atoms with van der Waals surface area (Å²) in [7, 11) is 0. The average molecular weight is 327 g/mol. The zero-order valence-corrected chi connectivity index (χ0v) is 13.8. The Kier molecular flexibility index (Phi) is 2.88. The van der Waals surface area contributed by atoms with E-state index in [1.165, 1.54) is 0 Å². The fourth-order valence-corrected chi connectivity index (χ4v) is 3.72. The number of hydrogen-bond acceptors (Lipinski definition) is 3. The summed E-state index contributed by atoms with van der Waals surface area (Å²) in [5.74, 6) is 0.273. The van der Waals surface area contributed by atoms with E-state index in [0.29, 0.717) is 0 Å². The van der Waals surface area contributed by atoms with Crippen molar-refractivity contribution in [3.8, 4) is 17.0 Å². The molecule has 25 heavy (non-hydrogen) atoms. The van der Waals surface area contributed by atoms with Crippen LogP contribution < -0.4 is 5.32 Å². The van der Waals surface area contributed by atoms with Crippen molar-refractivity contribution in [3.63, 3.8) is 0 Å². The molecule has 0 saturated heterocycles. The second-order valence-corrected chi connectivity index (χ2v) is 6.43. The maximum atomic E-state index is 10.7. The Morgan fingerprint density at radius 1 is 1.00 bits per heavy atom. The molecule has 0 bridgehead atoms. The van der Waals surface area contributed by atoms with Crippen LogP contribution in [0.4, 0.5) is 5.69 Å². The van der Waals surface area contributed by atoms with Gasteiger partial charge in [-0.1, -0.05) is 48.5 Å². The van der Waals surface area contributed by atoms with Crippen LogP contribution in [0, 0.1) is 6.92 Å². The largest absolute Gasteiger partial charge is 0.507 e. The Bertz CT molecular complexity index is 1110. The van der Waals surface area contributed by atoms with Crippen LogP contribution >= 0.6 is 0 Å². The highest BCUT2D eigenvalue weighted by Gasteiger charge is 2.29. The van der Waals surface area contributed by atoms with E-state index in [-0.39, 0.29) is 11.9 Å². The number of aryl methyl sites for hydroxylation is 1. The van der Waals surface area contributed by atoms with Crippen LogP contribution in [0.25, 0.3) is 22.0 Å². The van der Waals surface area contributed by atoms with E-state index in [0.717, 1.165) is 39.0 Å². The molecular formula is C21H17N3O. The van der Waals surface area contributed by atoms with E-state index in [4.69, 9.17) is 5.10 Å². The van der Waals surface area contributed by atoms with Gasteiger partial charge in [-0.2, -0.15) is 5.10 Å². The number of phenols is 1. The summed E-state index contributed by atoms with van der Waals surface area (Å²) < 4.78 is 1.97. The van der Waals surface area contributed by atoms with Crippen molar-refractivity contribution in [3.05, 3.63) is 78.0 Å². The lowest BCUT2D eigenvalue weighted by molar-refractivity contribution is 0.454. The van der Waals surface area contributed by atoms with Gasteiger partial charge in [0.2, 0.25) is 0 Å². The van der Waals surface area contributed by atoms with Crippen LogP contribution in [-0.2, 0) is 0 Å². The number of nitrogens with zero attached hydrogens (tertiary/aromatic N) is 2. The van der Waals surface area contributed by atoms with Crippen LogP contribution in [0.15, 0.2) is 66.7 Å². The standard InChI is InChI=1S/C21H17N3O/c1-13-12-18-16-8-4-5-9-17(16)22-21(24(18)23-13)20-15-7-3-2-6-14(15)10-11-19(20)25/h2-12,21-22,25H,1H3/t21-/m0/s1. The first-order valence-corrected chi connectivity index (χ1v) is 8.35. The van der Waals surface area contributed by atoms with Crippen molar-refractivity contribution in [1.82, 2.24) is 9.78 Å². The highest BCUT2D eigenvalue weighted by molar-refractivity contribution is 5.89. The summed E-state index contributed by atoms with van der Waals surface area (Å²) in [4.78, 5) is 0. The molecule has 1 aliphatic heterocycles. The number of para-hydroxylation sites is 1. The Hall–Kier alpha value is -3.27. The van der Waals surface area contributed by atoms with Crippen molar-refractivity contribution in [1.29, 1.82) is 0 Å². The lowest BCUT2D eigenvalue weighted by Gasteiger charge is -2.30. The maximum absolute atomic E-state index is 10.7. The zero-order chi connectivity index (χ0) is 17.0. The predicted octanol–water partition coefficient (Wildman–Crippen LogP) is 4.69. The third-order valence-electron chi connectivity index (χ3n) is 4.82. The molecule has 2 heterocycles. The molecule has 0 aliphatic carbocycles. The van der Waals surface area contributed by atoms with Gasteiger partial charge in [0.15, 0.2) is 6.17 Å². The molecule has 0 unspecified atom stereocenters. The third kappa shape index (κ3) is 2.04. The Labute approximate surface area is 145 Å². The van der Waals surface area contributed by atoms with Crippen molar-refractivity contribution in [2.24, 2.45) is 0 Å². The SMILES string of the molecule is Cc1cc2n(n1)[C@@H](c1c(O)ccc3ccccc13)Nc1ccccc1-2. The molecule has 4 heteroatoms. The summed E-state index contributed by atoms with van der Waals surface area (Å²) in [6.07, 6.45) is -0.260. The number of aromatic hydroxyl groups is 1. The van der Waals surface area contributed by atoms with Crippen molar-refractivity contribution < 1.29 is 5.11 Å². The smallest absolute Gasteiger partial charge is 0.151 e. The monoisotopic (exact) mass is 327 g/mol. The highest BCUT2D eigenvalue weighted by Crippen LogP contribution is 2.42. The molecule has 0 radical (unpaired) electrons. The van der Waals surface area contributed by atoms with Gasteiger partial charge in [-0.25, -0.2) is 4.68 Å². The third-order valence-corrected chi connectivity index (χ3v) is 4.82. The molecule has 4 nitrogen and oxygen atoms in total. The van der Waals surface area contributed by atoms with E-state index < -0.39 is 0 Å². The summed E-state index contributed by atoms with van der Waals surface area (Å²) >= 11 is 0. The normalized spacial score (nSPS) is 15.5. The minimum atomic E-state index is -0.260. The molecule has 0 fully saturated rings. The Morgan fingerprint density at radius 2 is 1.80 bits per heavy atom. The Balaban J connectivity index is 1.81. The van der Waals surface area contributed by atoms with E-state index in [9.17, 15) is 5.11 Å². The molecule has 1 aliphatic rings. The fourth-order valence-electron chi connectivity index (χ4n) is 3.72. The van der Waals surface area contributed by atoms with Crippen LogP contribution in [0.5, 0.6) is 5.75 Å². The van der Waals surface area contributed by atoms with Crippen molar-refractivity contribution >= 4 is 16.5 Å². The number of phenolic OH excluding ortho intramolecular Hbond substituents is 1. The van der Waals surface area contributed by atoms with Crippen LogP contribution in [-0.4, -0.2) is 14.9 Å². The van der Waals surface area contributed by atoms with Gasteiger partial charge in [0.05, 0.1) is 11.4 Å². The van der Waals surface area contributed by atoms with Crippen LogP contribution in [0.3, 0.4) is 0 Å². The summed E-state index contributed by atoms with van der Waals surface area (Å²) in [5, 5.41) is 21.0. The lowest BCUT2D eigenvalue weighted by atomic mass is 9.98. The molecule has 122 valence electrons. The predicted molar refractivity (Wildman–Crippen MR) is 99.8 cm³/mol. The van der Waals surface area contributed by atoms with Crippen molar-refractivity contribution in [2.75, 3.05) is 5.32 Å². The molecular weight excluding hydrogens is 310 g/mol. The van der Waals surface area contributed by atoms with Gasteiger partial charge in [-0.15, -0.1) is 0 Å². The molecule has 0 spiro atoms. The number of rotatable bonds is 1. The first kappa shape index (κ1) is 14.1. The Morgan fingerprint density at radius 3 is 2.72 bits per heavy atom. The summed E-state index contributed by atoms with van der Waals surface area (Å²) in [6, 6.07) is 22.1. The topological polar surface area (TPSA) is 50.1 Å². The van der Waals surface area contributed by atoms with Crippen molar-refractivity contribution in [2.45, 2.75) is 13.1 Å². The van der Waals surface area contributed by atoms with Crippen LogP contribution in [0.2, 0.25) is 0 Å². The lowest BCUT2D eigenvalue weighted by Crippen LogP contribution is -2.26. The number of hydrogen-bond donors (Lipinski definition) is 2. The van der Waals surface area contributed by atoms with Gasteiger partial charge in [-0.05, 0) is 35.9 Å². The second-order valence-electron chi connectivity index (χ2n) is 6.43. The van der Waals surface area contributed by atoms with E-state index in [1.54, 1.807) is 6.07 Å². The second kappa shape index (κ2) is 5.11. The van der Waals surface area contributed by atoms with E-state index in [2.05, 4.69) is 29.6 Å². The van der Waals surface area contributed by atoms with Gasteiger partial charge >= 0.3 is 0 Å². The summed E-state index contributed by atoms with van der Waals surface area (Å²) in [5.41, 5.74) is 5.03. The molecule has 3 aromatic carbocycles. The average Bonchev–Trinajstić information content (AvgIpc) is 3.03. The highest BCUT2D eigenvalue weighted by atomic mass is 16.3. The summed E-state index contributed by atoms with van der Waals surface area (Å²) in [6.45, 7) is 1.99. The first-order valence-electron chi connectivity index (χ1n) is 8.35. The van der Waals surface area contributed by atoms with E-state index >= 15 is 0 Å². The molecule has 5 rings (SSSR count). The number of anilines is 1. The minimum absolute atomic E-state index is 0.260. The minimum Gasteiger partial charge on any atom is -0.507 e. The molecule has 1 atom stereocenters. The molecule has 0 saturated carbocycles. The quantitative estimate of drug-likeness (QED) is 0.533.